The van der Waals surface area contributed by atoms with Crippen LogP contribution in [0.1, 0.15) is 50.5 Å². The highest BCUT2D eigenvalue weighted by Crippen LogP contribution is 2.19. The summed E-state index contributed by atoms with van der Waals surface area (Å²) in [6.07, 6.45) is 0.890. The Balaban J connectivity index is 2.69. The molecule has 1 aromatic rings. The Hall–Kier alpha value is -1.31. The van der Waals surface area contributed by atoms with Crippen LogP contribution in [0.15, 0.2) is 24.3 Å². The molecule has 0 aliphatic heterocycles. The molecule has 0 bridgehead atoms. The molecule has 1 aromatic carbocycles. The third-order valence-electron chi connectivity index (χ3n) is 3.85. The van der Waals surface area contributed by atoms with Crippen LogP contribution in [0.25, 0.3) is 0 Å². The van der Waals surface area contributed by atoms with Gasteiger partial charge >= 0.3 is 0 Å². The van der Waals surface area contributed by atoms with E-state index in [0.717, 1.165) is 24.1 Å². The number of aryl methyl sites for hydroxylation is 1. The van der Waals surface area contributed by atoms with E-state index in [-0.39, 0.29) is 5.91 Å². The second-order valence-electron chi connectivity index (χ2n) is 5.87. The van der Waals surface area contributed by atoms with Gasteiger partial charge in [-0.1, -0.05) is 52.8 Å². The van der Waals surface area contributed by atoms with Gasteiger partial charge in [-0.25, -0.2) is 0 Å². The first-order valence-corrected chi connectivity index (χ1v) is 7.33. The molecule has 0 saturated carbocycles. The molecule has 0 heterocycles. The molecule has 0 saturated heterocycles. The molecule has 0 atom stereocenters. The number of carbonyl (C=O) groups excluding carboxylic acids is 1. The van der Waals surface area contributed by atoms with Crippen LogP contribution in [-0.2, 0) is 6.42 Å². The van der Waals surface area contributed by atoms with Crippen molar-refractivity contribution in [3.05, 3.63) is 35.4 Å². The molecule has 2 heteroatoms. The summed E-state index contributed by atoms with van der Waals surface area (Å²) in [5, 5.41) is 3.10. The van der Waals surface area contributed by atoms with Crippen LogP contribution < -0.4 is 5.32 Å². The maximum atomic E-state index is 12.3. The van der Waals surface area contributed by atoms with Crippen molar-refractivity contribution in [1.29, 1.82) is 0 Å². The van der Waals surface area contributed by atoms with Gasteiger partial charge in [0.1, 0.15) is 0 Å². The Kier molecular flexibility index (Phi) is 6.07. The van der Waals surface area contributed by atoms with Crippen LogP contribution >= 0.6 is 0 Å². The molecule has 0 spiro atoms. The van der Waals surface area contributed by atoms with Crippen molar-refractivity contribution in [2.75, 3.05) is 6.54 Å². The van der Waals surface area contributed by atoms with E-state index < -0.39 is 0 Å². The van der Waals surface area contributed by atoms with Crippen molar-refractivity contribution in [3.8, 4) is 0 Å². The number of amides is 1. The fraction of sp³-hybridized carbons (Fsp3) is 0.588. The minimum atomic E-state index is 0.0590. The second kappa shape index (κ2) is 7.32. The van der Waals surface area contributed by atoms with Gasteiger partial charge in [0.15, 0.2) is 0 Å². The fourth-order valence-electron chi connectivity index (χ4n) is 2.60. The Morgan fingerprint density at radius 2 is 1.68 bits per heavy atom. The van der Waals surface area contributed by atoms with E-state index in [1.165, 1.54) is 0 Å². The normalized spacial score (nSPS) is 11.4. The largest absolute Gasteiger partial charge is 0.352 e. The Morgan fingerprint density at radius 1 is 1.11 bits per heavy atom. The number of rotatable bonds is 6. The van der Waals surface area contributed by atoms with Gasteiger partial charge in [-0.3, -0.25) is 4.79 Å². The third-order valence-corrected chi connectivity index (χ3v) is 3.85. The summed E-state index contributed by atoms with van der Waals surface area (Å²) in [5.74, 6) is 1.75. The van der Waals surface area contributed by atoms with Crippen LogP contribution in [0.2, 0.25) is 0 Å². The van der Waals surface area contributed by atoms with Crippen molar-refractivity contribution < 1.29 is 4.79 Å². The highest BCUT2D eigenvalue weighted by molar-refractivity contribution is 5.95. The molecule has 1 N–H and O–H groups in total. The van der Waals surface area contributed by atoms with E-state index in [2.05, 4.69) is 39.9 Å². The molecule has 1 amide bonds. The third kappa shape index (κ3) is 4.38. The maximum absolute atomic E-state index is 12.3. The van der Waals surface area contributed by atoms with Crippen molar-refractivity contribution in [2.24, 2.45) is 17.8 Å². The first kappa shape index (κ1) is 15.7. The van der Waals surface area contributed by atoms with Crippen molar-refractivity contribution in [3.63, 3.8) is 0 Å². The van der Waals surface area contributed by atoms with Crippen molar-refractivity contribution in [1.82, 2.24) is 5.32 Å². The van der Waals surface area contributed by atoms with Gasteiger partial charge in [-0.05, 0) is 35.8 Å². The number of carbonyl (C=O) groups is 1. The molecular formula is C17H27NO. The lowest BCUT2D eigenvalue weighted by Gasteiger charge is -2.25. The highest BCUT2D eigenvalue weighted by Gasteiger charge is 2.19. The molecule has 106 valence electrons. The molecular weight excluding hydrogens is 234 g/mol. The average molecular weight is 261 g/mol. The first-order valence-electron chi connectivity index (χ1n) is 7.33. The quantitative estimate of drug-likeness (QED) is 0.826. The van der Waals surface area contributed by atoms with Gasteiger partial charge in [0.2, 0.25) is 0 Å². The van der Waals surface area contributed by atoms with E-state index in [4.69, 9.17) is 0 Å². The molecule has 19 heavy (non-hydrogen) atoms. The summed E-state index contributed by atoms with van der Waals surface area (Å²) in [5.41, 5.74) is 1.93. The lowest BCUT2D eigenvalue weighted by atomic mass is 9.85. The van der Waals surface area contributed by atoms with Crippen LogP contribution in [0.3, 0.4) is 0 Å². The fourth-order valence-corrected chi connectivity index (χ4v) is 2.60. The zero-order valence-corrected chi connectivity index (χ0v) is 12.9. The minimum Gasteiger partial charge on any atom is -0.352 e. The van der Waals surface area contributed by atoms with Gasteiger partial charge in [-0.2, -0.15) is 0 Å². The van der Waals surface area contributed by atoms with Crippen LogP contribution in [0.4, 0.5) is 0 Å². The van der Waals surface area contributed by atoms with Crippen LogP contribution in [0, 0.1) is 17.8 Å². The molecule has 0 aromatic heterocycles. The smallest absolute Gasteiger partial charge is 0.251 e. The topological polar surface area (TPSA) is 29.1 Å². The van der Waals surface area contributed by atoms with Gasteiger partial charge in [-0.15, -0.1) is 0 Å². The molecule has 0 aliphatic carbocycles. The van der Waals surface area contributed by atoms with Crippen LogP contribution in [0.5, 0.6) is 0 Å². The maximum Gasteiger partial charge on any atom is 0.251 e. The SMILES string of the molecule is CCc1ccccc1C(=O)NCC(C(C)C)C(C)C. The molecule has 0 aliphatic rings. The van der Waals surface area contributed by atoms with E-state index in [0.29, 0.717) is 17.8 Å². The average Bonchev–Trinajstić information content (AvgIpc) is 2.37. The molecule has 0 fully saturated rings. The number of benzene rings is 1. The first-order chi connectivity index (χ1) is 8.97. The van der Waals surface area contributed by atoms with E-state index in [1.54, 1.807) is 0 Å². The predicted octanol–water partition coefficient (Wildman–Crippen LogP) is 3.91. The van der Waals surface area contributed by atoms with Gasteiger partial charge < -0.3 is 5.32 Å². The minimum absolute atomic E-state index is 0.0590. The van der Waals surface area contributed by atoms with Crippen molar-refractivity contribution in [2.45, 2.75) is 41.0 Å². The summed E-state index contributed by atoms with van der Waals surface area (Å²) in [6.45, 7) is 11.7. The zero-order valence-electron chi connectivity index (χ0n) is 12.9. The van der Waals surface area contributed by atoms with Crippen molar-refractivity contribution >= 4 is 5.91 Å². The number of nitrogens with one attached hydrogen (secondary N) is 1. The monoisotopic (exact) mass is 261 g/mol. The molecule has 0 unspecified atom stereocenters. The predicted molar refractivity (Wildman–Crippen MR) is 81.3 cm³/mol. The zero-order chi connectivity index (χ0) is 14.4. The number of hydrogen-bond donors (Lipinski definition) is 1. The lowest BCUT2D eigenvalue weighted by Crippen LogP contribution is -2.34. The highest BCUT2D eigenvalue weighted by atomic mass is 16.1. The molecule has 2 nitrogen and oxygen atoms in total. The van der Waals surface area contributed by atoms with E-state index >= 15 is 0 Å². The lowest BCUT2D eigenvalue weighted by molar-refractivity contribution is 0.0936. The summed E-state index contributed by atoms with van der Waals surface area (Å²) in [6, 6.07) is 7.85. The summed E-state index contributed by atoms with van der Waals surface area (Å²) >= 11 is 0. The van der Waals surface area contributed by atoms with E-state index in [9.17, 15) is 4.79 Å². The second-order valence-corrected chi connectivity index (χ2v) is 5.87. The van der Waals surface area contributed by atoms with E-state index in [1.807, 2.05) is 24.3 Å². The number of hydrogen-bond acceptors (Lipinski definition) is 1. The Labute approximate surface area is 117 Å². The van der Waals surface area contributed by atoms with Gasteiger partial charge in [0, 0.05) is 12.1 Å². The molecule has 0 radical (unpaired) electrons. The summed E-state index contributed by atoms with van der Waals surface area (Å²) in [4.78, 5) is 12.3. The van der Waals surface area contributed by atoms with Gasteiger partial charge in [0.05, 0.1) is 0 Å². The Morgan fingerprint density at radius 3 is 2.21 bits per heavy atom. The summed E-state index contributed by atoms with van der Waals surface area (Å²) in [7, 11) is 0. The Bertz CT molecular complexity index is 401. The van der Waals surface area contributed by atoms with Gasteiger partial charge in [0.25, 0.3) is 5.91 Å². The standard InChI is InChI=1S/C17H27NO/c1-6-14-9-7-8-10-15(14)17(19)18-11-16(12(2)3)13(4)5/h7-10,12-13,16H,6,11H2,1-5H3,(H,18,19). The van der Waals surface area contributed by atoms with Crippen LogP contribution in [-0.4, -0.2) is 12.5 Å². The summed E-state index contributed by atoms with van der Waals surface area (Å²) < 4.78 is 0. The molecule has 1 rings (SSSR count).